The Morgan fingerprint density at radius 3 is 2.43 bits per heavy atom. The van der Waals surface area contributed by atoms with Crippen LogP contribution in [0, 0.1) is 0 Å². The molecule has 2 heterocycles. The summed E-state index contributed by atoms with van der Waals surface area (Å²) >= 11 is 0. The molecule has 2 fully saturated rings. The van der Waals surface area contributed by atoms with Crippen molar-refractivity contribution >= 4 is 12.0 Å². The van der Waals surface area contributed by atoms with Gasteiger partial charge in [-0.05, 0) is 65.1 Å². The van der Waals surface area contributed by atoms with E-state index >= 15 is 0 Å². The molecule has 0 radical (unpaired) electrons. The summed E-state index contributed by atoms with van der Waals surface area (Å²) in [6.45, 7) is 8.78. The molecule has 1 aromatic carbocycles. The highest BCUT2D eigenvalue weighted by Gasteiger charge is 2.37. The highest BCUT2D eigenvalue weighted by Crippen LogP contribution is 2.25. The second-order valence-electron chi connectivity index (χ2n) is 8.75. The summed E-state index contributed by atoms with van der Waals surface area (Å²) in [6.07, 6.45) is 3.51. The molecule has 2 saturated heterocycles. The van der Waals surface area contributed by atoms with Crippen LogP contribution in [-0.2, 0) is 9.53 Å². The second-order valence-corrected chi connectivity index (χ2v) is 8.75. The van der Waals surface area contributed by atoms with Crippen molar-refractivity contribution in [2.45, 2.75) is 64.1 Å². The Labute approximate surface area is 168 Å². The van der Waals surface area contributed by atoms with E-state index in [9.17, 15) is 9.59 Å². The van der Waals surface area contributed by atoms with Gasteiger partial charge in [0.1, 0.15) is 11.6 Å². The lowest BCUT2D eigenvalue weighted by Gasteiger charge is -2.30. The molecule has 1 aromatic rings. The fraction of sp³-hybridized carbons (Fsp3) is 0.636. The zero-order chi connectivity index (χ0) is 20.1. The summed E-state index contributed by atoms with van der Waals surface area (Å²) < 4.78 is 5.48. The van der Waals surface area contributed by atoms with E-state index in [2.05, 4.69) is 22.3 Å². The van der Waals surface area contributed by atoms with Crippen LogP contribution >= 0.6 is 0 Å². The van der Waals surface area contributed by atoms with Gasteiger partial charge in [-0.3, -0.25) is 14.6 Å². The van der Waals surface area contributed by atoms with E-state index in [1.807, 2.05) is 39.0 Å². The topological polar surface area (TPSA) is 61.9 Å². The summed E-state index contributed by atoms with van der Waals surface area (Å²) in [7, 11) is 0. The normalized spacial score (nSPS) is 21.5. The maximum atomic E-state index is 12.9. The zero-order valence-corrected chi connectivity index (χ0v) is 17.3. The van der Waals surface area contributed by atoms with Crippen LogP contribution in [0.25, 0.3) is 0 Å². The molecule has 2 aliphatic rings. The molecule has 2 amide bonds. The highest BCUT2D eigenvalue weighted by atomic mass is 16.6. The third kappa shape index (κ3) is 5.25. The molecule has 2 aliphatic heterocycles. The van der Waals surface area contributed by atoms with Crippen molar-refractivity contribution in [1.82, 2.24) is 15.1 Å². The fourth-order valence-corrected chi connectivity index (χ4v) is 4.08. The SMILES string of the molecule is CC(C)(C)OC(=O)N1CCCC1C(=O)NCC(c1ccccc1)N1CCCC1. The summed E-state index contributed by atoms with van der Waals surface area (Å²) in [4.78, 5) is 29.4. The number of benzene rings is 1. The Morgan fingerprint density at radius 2 is 1.79 bits per heavy atom. The van der Waals surface area contributed by atoms with Crippen molar-refractivity contribution < 1.29 is 14.3 Å². The Kier molecular flexibility index (Phi) is 6.60. The Hall–Kier alpha value is -2.08. The quantitative estimate of drug-likeness (QED) is 0.842. The smallest absolute Gasteiger partial charge is 0.410 e. The number of carbonyl (C=O) groups excluding carboxylic acids is 2. The van der Waals surface area contributed by atoms with Gasteiger partial charge in [0.05, 0.1) is 6.04 Å². The Bertz CT molecular complexity index is 665. The van der Waals surface area contributed by atoms with Crippen molar-refractivity contribution in [3.63, 3.8) is 0 Å². The van der Waals surface area contributed by atoms with Gasteiger partial charge in [0, 0.05) is 13.1 Å². The van der Waals surface area contributed by atoms with Crippen molar-refractivity contribution in [3.8, 4) is 0 Å². The molecule has 2 unspecified atom stereocenters. The molecule has 28 heavy (non-hydrogen) atoms. The van der Waals surface area contributed by atoms with Crippen LogP contribution in [0.5, 0.6) is 0 Å². The summed E-state index contributed by atoms with van der Waals surface area (Å²) in [5.41, 5.74) is 0.662. The molecule has 0 bridgehead atoms. The largest absolute Gasteiger partial charge is 0.444 e. The van der Waals surface area contributed by atoms with Crippen LogP contribution in [0.1, 0.15) is 58.1 Å². The van der Waals surface area contributed by atoms with Gasteiger partial charge in [-0.1, -0.05) is 30.3 Å². The summed E-state index contributed by atoms with van der Waals surface area (Å²) in [5, 5.41) is 3.12. The first kappa shape index (κ1) is 20.6. The van der Waals surface area contributed by atoms with E-state index in [0.717, 1.165) is 19.5 Å². The van der Waals surface area contributed by atoms with Gasteiger partial charge in [0.15, 0.2) is 0 Å². The molecule has 6 heteroatoms. The molecular formula is C22H33N3O3. The predicted molar refractivity (Wildman–Crippen MR) is 109 cm³/mol. The van der Waals surface area contributed by atoms with Gasteiger partial charge in [-0.25, -0.2) is 4.79 Å². The number of carbonyl (C=O) groups is 2. The molecule has 0 spiro atoms. The molecule has 3 rings (SSSR count). The molecule has 0 aromatic heterocycles. The van der Waals surface area contributed by atoms with Gasteiger partial charge < -0.3 is 10.1 Å². The number of ether oxygens (including phenoxy) is 1. The molecule has 0 aliphatic carbocycles. The van der Waals surface area contributed by atoms with Crippen molar-refractivity contribution in [2.75, 3.05) is 26.2 Å². The van der Waals surface area contributed by atoms with Gasteiger partial charge in [-0.2, -0.15) is 0 Å². The van der Waals surface area contributed by atoms with Crippen molar-refractivity contribution in [3.05, 3.63) is 35.9 Å². The lowest BCUT2D eigenvalue weighted by molar-refractivity contribution is -0.125. The van der Waals surface area contributed by atoms with Gasteiger partial charge in [0.25, 0.3) is 0 Å². The number of nitrogens with one attached hydrogen (secondary N) is 1. The van der Waals surface area contributed by atoms with Gasteiger partial charge in [-0.15, -0.1) is 0 Å². The Balaban J connectivity index is 1.63. The zero-order valence-electron chi connectivity index (χ0n) is 17.3. The number of hydrogen-bond acceptors (Lipinski definition) is 4. The third-order valence-corrected chi connectivity index (χ3v) is 5.42. The van der Waals surface area contributed by atoms with Gasteiger partial charge >= 0.3 is 6.09 Å². The molecule has 0 saturated carbocycles. The minimum atomic E-state index is -0.561. The summed E-state index contributed by atoms with van der Waals surface area (Å²) in [5.74, 6) is -0.0801. The molecule has 6 nitrogen and oxygen atoms in total. The maximum Gasteiger partial charge on any atom is 0.410 e. The minimum absolute atomic E-state index is 0.0801. The minimum Gasteiger partial charge on any atom is -0.444 e. The number of amides is 2. The van der Waals surface area contributed by atoms with Crippen LogP contribution in [0.15, 0.2) is 30.3 Å². The lowest BCUT2D eigenvalue weighted by Crippen LogP contribution is -2.49. The predicted octanol–water partition coefficient (Wildman–Crippen LogP) is 3.34. The first-order chi connectivity index (χ1) is 13.3. The molecule has 154 valence electrons. The van der Waals surface area contributed by atoms with E-state index in [-0.39, 0.29) is 11.9 Å². The van der Waals surface area contributed by atoms with Crippen LogP contribution in [0.2, 0.25) is 0 Å². The van der Waals surface area contributed by atoms with Crippen LogP contribution < -0.4 is 5.32 Å². The number of rotatable bonds is 5. The monoisotopic (exact) mass is 387 g/mol. The number of hydrogen-bond donors (Lipinski definition) is 1. The third-order valence-electron chi connectivity index (χ3n) is 5.42. The Morgan fingerprint density at radius 1 is 1.11 bits per heavy atom. The first-order valence-corrected chi connectivity index (χ1v) is 10.4. The highest BCUT2D eigenvalue weighted by molar-refractivity contribution is 5.86. The van der Waals surface area contributed by atoms with E-state index in [4.69, 9.17) is 4.74 Å². The molecular weight excluding hydrogens is 354 g/mol. The fourth-order valence-electron chi connectivity index (χ4n) is 4.08. The van der Waals surface area contributed by atoms with Crippen molar-refractivity contribution in [2.24, 2.45) is 0 Å². The van der Waals surface area contributed by atoms with Gasteiger partial charge in [0.2, 0.25) is 5.91 Å². The number of nitrogens with zero attached hydrogens (tertiary/aromatic N) is 2. The summed E-state index contributed by atoms with van der Waals surface area (Å²) in [6, 6.07) is 10.1. The van der Waals surface area contributed by atoms with Crippen LogP contribution in [0.3, 0.4) is 0 Å². The lowest BCUT2D eigenvalue weighted by atomic mass is 10.1. The van der Waals surface area contributed by atoms with E-state index in [0.29, 0.717) is 19.5 Å². The number of likely N-dealkylation sites (tertiary alicyclic amines) is 2. The van der Waals surface area contributed by atoms with Crippen LogP contribution in [0.4, 0.5) is 4.79 Å². The van der Waals surface area contributed by atoms with Crippen LogP contribution in [-0.4, -0.2) is 59.6 Å². The van der Waals surface area contributed by atoms with E-state index in [1.165, 1.54) is 18.4 Å². The first-order valence-electron chi connectivity index (χ1n) is 10.4. The van der Waals surface area contributed by atoms with Crippen molar-refractivity contribution in [1.29, 1.82) is 0 Å². The average molecular weight is 388 g/mol. The standard InChI is InChI=1S/C22H33N3O3/c1-22(2,3)28-21(27)25-15-9-12-18(25)20(26)23-16-19(24-13-7-8-14-24)17-10-5-4-6-11-17/h4-6,10-11,18-19H,7-9,12-16H2,1-3H3,(H,23,26). The average Bonchev–Trinajstić information content (AvgIpc) is 3.33. The molecule has 1 N–H and O–H groups in total. The maximum absolute atomic E-state index is 12.9. The van der Waals surface area contributed by atoms with E-state index in [1.54, 1.807) is 4.90 Å². The van der Waals surface area contributed by atoms with E-state index < -0.39 is 17.7 Å². The molecule has 2 atom stereocenters. The second kappa shape index (κ2) is 8.95.